The van der Waals surface area contributed by atoms with Crippen LogP contribution in [0.2, 0.25) is 0 Å². The number of hydrogen-bond donors (Lipinski definition) is 0. The van der Waals surface area contributed by atoms with Gasteiger partial charge in [-0.3, -0.25) is 0 Å². The van der Waals surface area contributed by atoms with Crippen molar-refractivity contribution in [1.82, 2.24) is 0 Å². The van der Waals surface area contributed by atoms with E-state index >= 15 is 0 Å². The summed E-state index contributed by atoms with van der Waals surface area (Å²) in [6.07, 6.45) is 15.4. The van der Waals surface area contributed by atoms with Crippen LogP contribution in [0.5, 0.6) is 0 Å². The van der Waals surface area contributed by atoms with Crippen molar-refractivity contribution in [2.45, 2.75) is 91.4 Å². The molecule has 0 radical (unpaired) electrons. The SMILES string of the molecule is CCCCCC[N+](CCCC)(CCCBr)CCCCCC.[Br-]. The molecule has 22 heavy (non-hydrogen) atoms. The van der Waals surface area contributed by atoms with E-state index < -0.39 is 0 Å². The molecule has 1 nitrogen and oxygen atoms in total. The monoisotopic (exact) mass is 441 g/mol. The molecule has 0 heterocycles. The molecule has 136 valence electrons. The fraction of sp³-hybridized carbons (Fsp3) is 1.00. The van der Waals surface area contributed by atoms with Crippen LogP contribution < -0.4 is 17.0 Å². The lowest BCUT2D eigenvalue weighted by Gasteiger charge is -2.39. The molecule has 0 atom stereocenters. The maximum atomic E-state index is 3.65. The molecule has 0 spiro atoms. The smallest absolute Gasteiger partial charge is 0.0794 e. The van der Waals surface area contributed by atoms with E-state index in [0.29, 0.717) is 0 Å². The van der Waals surface area contributed by atoms with Crippen molar-refractivity contribution < 1.29 is 21.5 Å². The van der Waals surface area contributed by atoms with E-state index in [-0.39, 0.29) is 17.0 Å². The van der Waals surface area contributed by atoms with E-state index in [1.165, 1.54) is 107 Å². The maximum absolute atomic E-state index is 3.65. The first-order chi connectivity index (χ1) is 10.2. The van der Waals surface area contributed by atoms with Crippen LogP contribution in [0, 0.1) is 0 Å². The van der Waals surface area contributed by atoms with Gasteiger partial charge in [-0.15, -0.1) is 0 Å². The van der Waals surface area contributed by atoms with Gasteiger partial charge in [0.1, 0.15) is 0 Å². The third-order valence-corrected chi connectivity index (χ3v) is 5.28. The largest absolute Gasteiger partial charge is 1.00 e. The van der Waals surface area contributed by atoms with Gasteiger partial charge in [0.2, 0.25) is 0 Å². The van der Waals surface area contributed by atoms with Gasteiger partial charge in [0.25, 0.3) is 0 Å². The van der Waals surface area contributed by atoms with E-state index in [4.69, 9.17) is 0 Å². The first-order valence-electron chi connectivity index (χ1n) is 9.65. The Balaban J connectivity index is 0. The molecule has 0 aromatic heterocycles. The molecule has 0 bridgehead atoms. The average Bonchev–Trinajstić information content (AvgIpc) is 2.51. The zero-order valence-electron chi connectivity index (χ0n) is 15.5. The van der Waals surface area contributed by atoms with Crippen molar-refractivity contribution in [1.29, 1.82) is 0 Å². The molecule has 0 aromatic rings. The summed E-state index contributed by atoms with van der Waals surface area (Å²) in [5, 5.41) is 1.17. The second-order valence-corrected chi connectivity index (χ2v) is 7.55. The molecular formula is C19H41Br2N. The Kier molecular flexibility index (Phi) is 20.9. The minimum absolute atomic E-state index is 0. The van der Waals surface area contributed by atoms with Gasteiger partial charge in [0, 0.05) is 11.8 Å². The minimum atomic E-state index is 0. The van der Waals surface area contributed by atoms with Crippen LogP contribution in [0.25, 0.3) is 0 Å². The second kappa shape index (κ2) is 18.3. The van der Waals surface area contributed by atoms with Crippen LogP contribution in [0.3, 0.4) is 0 Å². The highest BCUT2D eigenvalue weighted by molar-refractivity contribution is 9.09. The number of unbranched alkanes of at least 4 members (excludes halogenated alkanes) is 7. The molecule has 0 fully saturated rings. The maximum Gasteiger partial charge on any atom is 0.0794 e. The standard InChI is InChI=1S/C19H41BrN.BrH/c1-4-7-10-12-17-21(16-9-6-3,19-14-15-20)18-13-11-8-5-2;/h4-19H2,1-3H3;1H/q+1;/p-1. The Morgan fingerprint density at radius 1 is 0.545 bits per heavy atom. The molecule has 0 aromatic carbocycles. The zero-order valence-corrected chi connectivity index (χ0v) is 18.7. The lowest BCUT2D eigenvalue weighted by atomic mass is 10.1. The van der Waals surface area contributed by atoms with Crippen LogP contribution in [-0.2, 0) is 0 Å². The van der Waals surface area contributed by atoms with Gasteiger partial charge in [0.05, 0.1) is 26.2 Å². The topological polar surface area (TPSA) is 0 Å². The van der Waals surface area contributed by atoms with Crippen LogP contribution in [0.1, 0.15) is 91.4 Å². The Morgan fingerprint density at radius 3 is 1.36 bits per heavy atom. The molecule has 0 unspecified atom stereocenters. The van der Waals surface area contributed by atoms with Gasteiger partial charge in [0.15, 0.2) is 0 Å². The lowest BCUT2D eigenvalue weighted by molar-refractivity contribution is -0.928. The molecule has 0 saturated heterocycles. The molecule has 3 heteroatoms. The molecule has 0 amide bonds. The van der Waals surface area contributed by atoms with Crippen molar-refractivity contribution in [3.8, 4) is 0 Å². The van der Waals surface area contributed by atoms with Gasteiger partial charge in [-0.05, 0) is 32.1 Å². The molecule has 0 aliphatic carbocycles. The minimum Gasteiger partial charge on any atom is -1.00 e. The van der Waals surface area contributed by atoms with Crippen molar-refractivity contribution in [3.05, 3.63) is 0 Å². The summed E-state index contributed by atoms with van der Waals surface area (Å²) >= 11 is 3.65. The Hall–Kier alpha value is 0.920. The fourth-order valence-electron chi connectivity index (χ4n) is 3.31. The summed E-state index contributed by atoms with van der Waals surface area (Å²) in [6, 6.07) is 0. The van der Waals surface area contributed by atoms with Crippen molar-refractivity contribution in [2.24, 2.45) is 0 Å². The number of quaternary nitrogens is 1. The zero-order chi connectivity index (χ0) is 15.8. The summed E-state index contributed by atoms with van der Waals surface area (Å²) in [6.45, 7) is 12.6. The number of rotatable bonds is 16. The van der Waals surface area contributed by atoms with E-state index in [1.807, 2.05) is 0 Å². The Labute approximate surface area is 160 Å². The van der Waals surface area contributed by atoms with Crippen molar-refractivity contribution in [2.75, 3.05) is 31.5 Å². The molecule has 0 rings (SSSR count). The summed E-state index contributed by atoms with van der Waals surface area (Å²) in [5.74, 6) is 0. The normalized spacial score (nSPS) is 11.5. The molecule has 0 aliphatic heterocycles. The predicted molar refractivity (Wildman–Crippen MR) is 101 cm³/mol. The van der Waals surface area contributed by atoms with E-state index in [0.717, 1.165) is 0 Å². The molecule has 0 N–H and O–H groups in total. The quantitative estimate of drug-likeness (QED) is 0.195. The third kappa shape index (κ3) is 13.4. The van der Waals surface area contributed by atoms with E-state index in [9.17, 15) is 0 Å². The molecule has 0 saturated carbocycles. The van der Waals surface area contributed by atoms with Gasteiger partial charge in [-0.25, -0.2) is 0 Å². The fourth-order valence-corrected chi connectivity index (χ4v) is 3.56. The van der Waals surface area contributed by atoms with Crippen LogP contribution in [-0.4, -0.2) is 36.0 Å². The van der Waals surface area contributed by atoms with Crippen LogP contribution in [0.4, 0.5) is 0 Å². The number of halogens is 2. The highest BCUT2D eigenvalue weighted by Crippen LogP contribution is 2.18. The van der Waals surface area contributed by atoms with Crippen molar-refractivity contribution in [3.63, 3.8) is 0 Å². The van der Waals surface area contributed by atoms with E-state index in [2.05, 4.69) is 36.7 Å². The van der Waals surface area contributed by atoms with Gasteiger partial charge in [-0.1, -0.05) is 68.8 Å². The highest BCUT2D eigenvalue weighted by Gasteiger charge is 2.25. The number of alkyl halides is 1. The van der Waals surface area contributed by atoms with Crippen LogP contribution >= 0.6 is 15.9 Å². The Morgan fingerprint density at radius 2 is 0.955 bits per heavy atom. The van der Waals surface area contributed by atoms with Crippen LogP contribution in [0.15, 0.2) is 0 Å². The predicted octanol–water partition coefficient (Wildman–Crippen LogP) is 3.55. The first-order valence-corrected chi connectivity index (χ1v) is 10.8. The van der Waals surface area contributed by atoms with Gasteiger partial charge < -0.3 is 21.5 Å². The summed E-state index contributed by atoms with van der Waals surface area (Å²) in [5.41, 5.74) is 0. The number of nitrogens with zero attached hydrogens (tertiary/aromatic N) is 1. The third-order valence-electron chi connectivity index (χ3n) is 4.72. The Bertz CT molecular complexity index is 188. The summed E-state index contributed by atoms with van der Waals surface area (Å²) in [4.78, 5) is 0. The summed E-state index contributed by atoms with van der Waals surface area (Å²) in [7, 11) is 0. The number of hydrogen-bond acceptors (Lipinski definition) is 0. The lowest BCUT2D eigenvalue weighted by Crippen LogP contribution is -3.00. The highest BCUT2D eigenvalue weighted by atomic mass is 79.9. The molecule has 0 aliphatic rings. The second-order valence-electron chi connectivity index (χ2n) is 6.75. The van der Waals surface area contributed by atoms with Gasteiger partial charge >= 0.3 is 0 Å². The average molecular weight is 443 g/mol. The van der Waals surface area contributed by atoms with E-state index in [1.54, 1.807) is 0 Å². The summed E-state index contributed by atoms with van der Waals surface area (Å²) < 4.78 is 1.41. The first kappa shape index (κ1) is 25.2. The molecular weight excluding hydrogens is 402 g/mol. The van der Waals surface area contributed by atoms with Crippen molar-refractivity contribution >= 4 is 15.9 Å². The van der Waals surface area contributed by atoms with Gasteiger partial charge in [-0.2, -0.15) is 0 Å².